The second-order valence-corrected chi connectivity index (χ2v) is 5.34. The number of nitro groups is 1. The highest BCUT2D eigenvalue weighted by molar-refractivity contribution is 6.30. The van der Waals surface area contributed by atoms with Gasteiger partial charge in [0.15, 0.2) is 5.69 Å². The highest BCUT2D eigenvalue weighted by atomic mass is 35.5. The van der Waals surface area contributed by atoms with E-state index in [1.54, 1.807) is 16.9 Å². The van der Waals surface area contributed by atoms with Crippen molar-refractivity contribution in [3.05, 3.63) is 69.1 Å². The van der Waals surface area contributed by atoms with Gasteiger partial charge in [-0.2, -0.15) is 5.10 Å². The largest absolute Gasteiger partial charge is 0.358 e. The van der Waals surface area contributed by atoms with Crippen molar-refractivity contribution in [2.75, 3.05) is 5.32 Å². The van der Waals surface area contributed by atoms with E-state index in [0.717, 1.165) is 11.6 Å². The van der Waals surface area contributed by atoms with Gasteiger partial charge in [0, 0.05) is 11.2 Å². The number of halogens is 1. The molecule has 2 aromatic heterocycles. The van der Waals surface area contributed by atoms with Crippen LogP contribution < -0.4 is 5.32 Å². The number of aromatic amines is 1. The Hall–Kier alpha value is -3.20. The molecule has 2 heterocycles. The number of carbonyl (C=O) groups excluding carboxylic acids is 1. The van der Waals surface area contributed by atoms with Crippen LogP contribution in [-0.2, 0) is 6.54 Å². The van der Waals surface area contributed by atoms with Gasteiger partial charge >= 0.3 is 5.82 Å². The number of H-pyrrole nitrogens is 1. The van der Waals surface area contributed by atoms with Gasteiger partial charge in [-0.05, 0) is 22.6 Å². The number of amides is 1. The van der Waals surface area contributed by atoms with Gasteiger partial charge < -0.3 is 15.4 Å². The molecule has 0 atom stereocenters. The molecule has 3 aromatic rings. The molecule has 9 nitrogen and oxygen atoms in total. The number of benzene rings is 1. The smallest absolute Gasteiger partial charge is 0.343 e. The van der Waals surface area contributed by atoms with Crippen molar-refractivity contribution >= 4 is 29.0 Å². The third kappa shape index (κ3) is 3.58. The van der Waals surface area contributed by atoms with E-state index < -0.39 is 10.8 Å². The summed E-state index contributed by atoms with van der Waals surface area (Å²) >= 11 is 5.93. The molecule has 1 amide bonds. The van der Waals surface area contributed by atoms with Gasteiger partial charge in [-0.25, -0.2) is 0 Å². The van der Waals surface area contributed by atoms with Gasteiger partial charge in [0.25, 0.3) is 5.91 Å². The quantitative estimate of drug-likeness (QED) is 0.543. The SMILES string of the molecule is O=C(Nc1cnn(Cc2cccc(Cl)c2)c1)c1cc([N+](=O)[O-])[nH]n1. The van der Waals surface area contributed by atoms with E-state index in [0.29, 0.717) is 17.3 Å². The van der Waals surface area contributed by atoms with Gasteiger partial charge in [-0.3, -0.25) is 9.48 Å². The second-order valence-electron chi connectivity index (χ2n) is 4.91. The lowest BCUT2D eigenvalue weighted by atomic mass is 10.2. The topological polar surface area (TPSA) is 119 Å². The predicted molar refractivity (Wildman–Crippen MR) is 86.0 cm³/mol. The molecule has 122 valence electrons. The van der Waals surface area contributed by atoms with Crippen molar-refractivity contribution in [3.63, 3.8) is 0 Å². The molecular formula is C14H11ClN6O3. The Morgan fingerprint density at radius 3 is 2.96 bits per heavy atom. The first-order valence-electron chi connectivity index (χ1n) is 6.79. The number of rotatable bonds is 5. The lowest BCUT2D eigenvalue weighted by molar-refractivity contribution is -0.389. The summed E-state index contributed by atoms with van der Waals surface area (Å²) in [5, 5.41) is 23.7. The third-order valence-corrected chi connectivity index (χ3v) is 3.35. The molecule has 0 aliphatic carbocycles. The number of nitrogens with one attached hydrogen (secondary N) is 2. The van der Waals surface area contributed by atoms with Crippen molar-refractivity contribution in [3.8, 4) is 0 Å². The van der Waals surface area contributed by atoms with Crippen LogP contribution in [0.1, 0.15) is 16.1 Å². The molecule has 10 heteroatoms. The van der Waals surface area contributed by atoms with Crippen molar-refractivity contribution < 1.29 is 9.72 Å². The minimum atomic E-state index is -0.660. The highest BCUT2D eigenvalue weighted by Gasteiger charge is 2.17. The Labute approximate surface area is 140 Å². The van der Waals surface area contributed by atoms with Crippen LogP contribution in [-0.4, -0.2) is 30.8 Å². The number of anilines is 1. The summed E-state index contributed by atoms with van der Waals surface area (Å²) in [7, 11) is 0. The van der Waals surface area contributed by atoms with E-state index in [1.807, 2.05) is 18.2 Å². The number of hydrogen-bond donors (Lipinski definition) is 2. The number of nitrogens with zero attached hydrogens (tertiary/aromatic N) is 4. The summed E-state index contributed by atoms with van der Waals surface area (Å²) in [4.78, 5) is 21.9. The van der Waals surface area contributed by atoms with Crippen LogP contribution in [0.25, 0.3) is 0 Å². The molecule has 0 bridgehead atoms. The summed E-state index contributed by atoms with van der Waals surface area (Å²) in [6, 6.07) is 8.42. The van der Waals surface area contributed by atoms with E-state index in [9.17, 15) is 14.9 Å². The Morgan fingerprint density at radius 1 is 1.42 bits per heavy atom. The first-order chi connectivity index (χ1) is 11.5. The predicted octanol–water partition coefficient (Wildman–Crippen LogP) is 2.47. The van der Waals surface area contributed by atoms with E-state index in [2.05, 4.69) is 20.6 Å². The fraction of sp³-hybridized carbons (Fsp3) is 0.0714. The zero-order chi connectivity index (χ0) is 17.1. The Balaban J connectivity index is 1.67. The average molecular weight is 347 g/mol. The van der Waals surface area contributed by atoms with Crippen molar-refractivity contribution in [1.29, 1.82) is 0 Å². The van der Waals surface area contributed by atoms with Crippen LogP contribution in [0.15, 0.2) is 42.7 Å². The van der Waals surface area contributed by atoms with Gasteiger partial charge in [0.05, 0.1) is 24.5 Å². The number of carbonyl (C=O) groups is 1. The van der Waals surface area contributed by atoms with Crippen molar-refractivity contribution in [1.82, 2.24) is 20.0 Å². The minimum absolute atomic E-state index is 0.0794. The average Bonchev–Trinajstić information content (AvgIpc) is 3.17. The molecular weight excluding hydrogens is 336 g/mol. The van der Waals surface area contributed by atoms with Crippen LogP contribution in [0.3, 0.4) is 0 Å². The Morgan fingerprint density at radius 2 is 2.25 bits per heavy atom. The Bertz CT molecular complexity index is 903. The molecule has 0 aliphatic heterocycles. The maximum atomic E-state index is 12.0. The number of aromatic nitrogens is 4. The van der Waals surface area contributed by atoms with E-state index in [1.165, 1.54) is 6.20 Å². The Kier molecular flexibility index (Phi) is 4.25. The van der Waals surface area contributed by atoms with Crippen LogP contribution in [0.5, 0.6) is 0 Å². The zero-order valence-electron chi connectivity index (χ0n) is 12.1. The zero-order valence-corrected chi connectivity index (χ0v) is 12.9. The molecule has 0 aliphatic rings. The molecule has 0 saturated heterocycles. The molecule has 0 saturated carbocycles. The van der Waals surface area contributed by atoms with Crippen LogP contribution >= 0.6 is 11.6 Å². The maximum absolute atomic E-state index is 12.0. The van der Waals surface area contributed by atoms with Crippen LogP contribution in [0.2, 0.25) is 5.02 Å². The summed E-state index contributed by atoms with van der Waals surface area (Å²) in [6.07, 6.45) is 3.11. The minimum Gasteiger partial charge on any atom is -0.358 e. The molecule has 0 spiro atoms. The molecule has 1 aromatic carbocycles. The molecule has 24 heavy (non-hydrogen) atoms. The molecule has 2 N–H and O–H groups in total. The van der Waals surface area contributed by atoms with Gasteiger partial charge in [0.1, 0.15) is 0 Å². The van der Waals surface area contributed by atoms with E-state index in [-0.39, 0.29) is 11.5 Å². The van der Waals surface area contributed by atoms with Gasteiger partial charge in [0.2, 0.25) is 0 Å². The fourth-order valence-electron chi connectivity index (χ4n) is 2.05. The summed E-state index contributed by atoms with van der Waals surface area (Å²) in [5.74, 6) is -0.918. The summed E-state index contributed by atoms with van der Waals surface area (Å²) in [6.45, 7) is 0.490. The molecule has 0 fully saturated rings. The molecule has 0 unspecified atom stereocenters. The number of hydrogen-bond acceptors (Lipinski definition) is 5. The third-order valence-electron chi connectivity index (χ3n) is 3.12. The second kappa shape index (κ2) is 6.50. The molecule has 0 radical (unpaired) electrons. The lowest BCUT2D eigenvalue weighted by Crippen LogP contribution is -2.11. The van der Waals surface area contributed by atoms with Crippen LogP contribution in [0, 0.1) is 10.1 Å². The monoisotopic (exact) mass is 346 g/mol. The normalized spacial score (nSPS) is 10.5. The van der Waals surface area contributed by atoms with Crippen molar-refractivity contribution in [2.24, 2.45) is 0 Å². The first-order valence-corrected chi connectivity index (χ1v) is 7.17. The van der Waals surface area contributed by atoms with E-state index >= 15 is 0 Å². The first kappa shape index (κ1) is 15.7. The fourth-order valence-corrected chi connectivity index (χ4v) is 2.27. The van der Waals surface area contributed by atoms with E-state index in [4.69, 9.17) is 11.6 Å². The standard InChI is InChI=1S/C14H11ClN6O3/c15-10-3-1-2-9(4-10)7-20-8-11(6-16-20)17-14(22)12-5-13(19-18-12)21(23)24/h1-6,8H,7H2,(H,17,22)(H,18,19). The highest BCUT2D eigenvalue weighted by Crippen LogP contribution is 2.14. The van der Waals surface area contributed by atoms with Crippen LogP contribution in [0.4, 0.5) is 11.5 Å². The summed E-state index contributed by atoms with van der Waals surface area (Å²) < 4.78 is 1.63. The molecule has 3 rings (SSSR count). The van der Waals surface area contributed by atoms with Gasteiger partial charge in [-0.1, -0.05) is 28.8 Å². The maximum Gasteiger partial charge on any atom is 0.343 e. The summed E-state index contributed by atoms with van der Waals surface area (Å²) in [5.41, 5.74) is 1.34. The van der Waals surface area contributed by atoms with Crippen molar-refractivity contribution in [2.45, 2.75) is 6.54 Å². The van der Waals surface area contributed by atoms with Gasteiger partial charge in [-0.15, -0.1) is 5.10 Å². The lowest BCUT2D eigenvalue weighted by Gasteiger charge is -2.02.